The van der Waals surface area contributed by atoms with Crippen LogP contribution in [0.4, 0.5) is 0 Å². The third-order valence-corrected chi connectivity index (χ3v) is 3.94. The van der Waals surface area contributed by atoms with Crippen molar-refractivity contribution in [3.8, 4) is 17.2 Å². The predicted molar refractivity (Wildman–Crippen MR) is 103 cm³/mol. The molecule has 1 aromatic heterocycles. The minimum Gasteiger partial charge on any atom is -0.493 e. The van der Waals surface area contributed by atoms with E-state index in [1.807, 2.05) is 23.6 Å². The Labute approximate surface area is 159 Å². The zero-order valence-electron chi connectivity index (χ0n) is 16.6. The molecule has 2 N–H and O–H groups in total. The first kappa shape index (κ1) is 20.3. The second-order valence-corrected chi connectivity index (χ2v) is 5.62. The van der Waals surface area contributed by atoms with E-state index in [4.69, 9.17) is 14.2 Å². The van der Waals surface area contributed by atoms with Gasteiger partial charge < -0.3 is 29.4 Å². The molecule has 9 heteroatoms. The van der Waals surface area contributed by atoms with Crippen LogP contribution in [0.1, 0.15) is 25.2 Å². The highest BCUT2D eigenvalue weighted by molar-refractivity contribution is 5.79. The smallest absolute Gasteiger partial charge is 0.203 e. The number of nitrogens with one attached hydrogen (secondary N) is 2. The Kier molecular flexibility index (Phi) is 7.72. The summed E-state index contributed by atoms with van der Waals surface area (Å²) >= 11 is 0. The van der Waals surface area contributed by atoms with Crippen molar-refractivity contribution in [3.05, 3.63) is 29.8 Å². The molecule has 1 heterocycles. The number of methoxy groups -OCH3 is 3. The van der Waals surface area contributed by atoms with Crippen molar-refractivity contribution in [3.63, 3.8) is 0 Å². The molecular formula is C18H28N6O3. The highest BCUT2D eigenvalue weighted by Crippen LogP contribution is 2.38. The van der Waals surface area contributed by atoms with Crippen LogP contribution in [0.2, 0.25) is 0 Å². The molecule has 0 aliphatic heterocycles. The average Bonchev–Trinajstić information content (AvgIpc) is 3.16. The molecule has 0 bridgehead atoms. The maximum atomic E-state index is 5.39. The zero-order chi connectivity index (χ0) is 19.6. The van der Waals surface area contributed by atoms with Crippen molar-refractivity contribution in [2.75, 3.05) is 27.9 Å². The number of hydrogen-bond acceptors (Lipinski definition) is 6. The highest BCUT2D eigenvalue weighted by Gasteiger charge is 2.13. The third kappa shape index (κ3) is 5.25. The number of aliphatic imine (C=N–C) groups is 1. The van der Waals surface area contributed by atoms with Crippen LogP contribution in [-0.2, 0) is 19.6 Å². The topological polar surface area (TPSA) is 94.8 Å². The standard InChI is InChI=1S/C18H28N6O3/c1-6-19-18(21-11-16-23-22-12-24(16)7-2)20-10-13-8-14(25-3)17(27-5)15(9-13)26-4/h8-9,12H,6-7,10-11H2,1-5H3,(H2,19,20,21). The molecule has 0 radical (unpaired) electrons. The molecule has 0 atom stereocenters. The Morgan fingerprint density at radius 3 is 2.33 bits per heavy atom. The fourth-order valence-corrected chi connectivity index (χ4v) is 2.58. The van der Waals surface area contributed by atoms with Gasteiger partial charge in [0.25, 0.3) is 0 Å². The van der Waals surface area contributed by atoms with Gasteiger partial charge in [0.05, 0.1) is 34.4 Å². The lowest BCUT2D eigenvalue weighted by Crippen LogP contribution is -2.37. The first-order valence-corrected chi connectivity index (χ1v) is 8.84. The first-order valence-electron chi connectivity index (χ1n) is 8.84. The summed E-state index contributed by atoms with van der Waals surface area (Å²) in [6, 6.07) is 3.78. The van der Waals surface area contributed by atoms with E-state index in [9.17, 15) is 0 Å². The Morgan fingerprint density at radius 1 is 1.07 bits per heavy atom. The minimum absolute atomic E-state index is 0.451. The highest BCUT2D eigenvalue weighted by atomic mass is 16.5. The first-order chi connectivity index (χ1) is 13.2. The van der Waals surface area contributed by atoms with E-state index in [1.165, 1.54) is 0 Å². The van der Waals surface area contributed by atoms with Crippen LogP contribution < -0.4 is 24.8 Å². The molecule has 27 heavy (non-hydrogen) atoms. The molecule has 0 fully saturated rings. The Balaban J connectivity index is 2.14. The van der Waals surface area contributed by atoms with Crippen molar-refractivity contribution in [1.82, 2.24) is 25.4 Å². The lowest BCUT2D eigenvalue weighted by Gasteiger charge is -2.14. The largest absolute Gasteiger partial charge is 0.493 e. The van der Waals surface area contributed by atoms with Crippen molar-refractivity contribution >= 4 is 5.96 Å². The summed E-state index contributed by atoms with van der Waals surface area (Å²) in [5.41, 5.74) is 0.943. The maximum Gasteiger partial charge on any atom is 0.203 e. The number of rotatable bonds is 9. The molecule has 0 aliphatic carbocycles. The molecular weight excluding hydrogens is 348 g/mol. The van der Waals surface area contributed by atoms with Crippen LogP contribution in [0.3, 0.4) is 0 Å². The lowest BCUT2D eigenvalue weighted by atomic mass is 10.2. The number of nitrogens with zero attached hydrogens (tertiary/aromatic N) is 4. The van der Waals surface area contributed by atoms with E-state index in [0.29, 0.717) is 36.3 Å². The number of guanidine groups is 1. The van der Waals surface area contributed by atoms with Gasteiger partial charge >= 0.3 is 0 Å². The van der Waals surface area contributed by atoms with Crippen LogP contribution >= 0.6 is 0 Å². The van der Waals surface area contributed by atoms with E-state index in [0.717, 1.165) is 24.5 Å². The van der Waals surface area contributed by atoms with Crippen LogP contribution in [-0.4, -0.2) is 48.6 Å². The van der Waals surface area contributed by atoms with Crippen LogP contribution in [0.15, 0.2) is 23.5 Å². The summed E-state index contributed by atoms with van der Waals surface area (Å²) in [4.78, 5) is 4.63. The number of aryl methyl sites for hydroxylation is 1. The quantitative estimate of drug-likeness (QED) is 0.507. The summed E-state index contributed by atoms with van der Waals surface area (Å²) in [5, 5.41) is 14.6. The average molecular weight is 376 g/mol. The van der Waals surface area contributed by atoms with Crippen LogP contribution in [0.25, 0.3) is 0 Å². The summed E-state index contributed by atoms with van der Waals surface area (Å²) in [7, 11) is 4.78. The van der Waals surface area contributed by atoms with Crippen molar-refractivity contribution in [1.29, 1.82) is 0 Å². The number of ether oxygens (including phenoxy) is 3. The predicted octanol–water partition coefficient (Wildman–Crippen LogP) is 1.58. The lowest BCUT2D eigenvalue weighted by molar-refractivity contribution is 0.324. The fraction of sp³-hybridized carbons (Fsp3) is 0.500. The van der Waals surface area contributed by atoms with Gasteiger partial charge in [0.15, 0.2) is 23.3 Å². The van der Waals surface area contributed by atoms with Gasteiger partial charge in [0, 0.05) is 13.1 Å². The molecule has 0 amide bonds. The SMILES string of the molecule is CCNC(=NCc1cc(OC)c(OC)c(OC)c1)NCc1nncn1CC. The van der Waals surface area contributed by atoms with Crippen LogP contribution in [0, 0.1) is 0 Å². The van der Waals surface area contributed by atoms with Crippen LogP contribution in [0.5, 0.6) is 17.2 Å². The minimum atomic E-state index is 0.451. The van der Waals surface area contributed by atoms with Crippen molar-refractivity contribution in [2.45, 2.75) is 33.5 Å². The Hall–Kier alpha value is -2.97. The van der Waals surface area contributed by atoms with Gasteiger partial charge in [-0.2, -0.15) is 0 Å². The molecule has 0 aliphatic rings. The normalized spacial score (nSPS) is 11.2. The summed E-state index contributed by atoms with van der Waals surface area (Å²) in [6.07, 6.45) is 1.72. The molecule has 1 aromatic carbocycles. The van der Waals surface area contributed by atoms with Gasteiger partial charge in [0.2, 0.25) is 5.75 Å². The van der Waals surface area contributed by atoms with E-state index in [-0.39, 0.29) is 0 Å². The molecule has 0 saturated heterocycles. The fourth-order valence-electron chi connectivity index (χ4n) is 2.58. The van der Waals surface area contributed by atoms with E-state index in [1.54, 1.807) is 27.7 Å². The molecule has 0 unspecified atom stereocenters. The monoisotopic (exact) mass is 376 g/mol. The van der Waals surface area contributed by atoms with Crippen molar-refractivity contribution < 1.29 is 14.2 Å². The second kappa shape index (κ2) is 10.2. The Bertz CT molecular complexity index is 734. The molecule has 9 nitrogen and oxygen atoms in total. The van der Waals surface area contributed by atoms with Gasteiger partial charge in [-0.25, -0.2) is 4.99 Å². The summed E-state index contributed by atoms with van der Waals surface area (Å²) in [5.74, 6) is 3.33. The molecule has 148 valence electrons. The van der Waals surface area contributed by atoms with Crippen molar-refractivity contribution in [2.24, 2.45) is 4.99 Å². The third-order valence-electron chi connectivity index (χ3n) is 3.94. The van der Waals surface area contributed by atoms with E-state index < -0.39 is 0 Å². The van der Waals surface area contributed by atoms with E-state index in [2.05, 4.69) is 32.7 Å². The van der Waals surface area contributed by atoms with Gasteiger partial charge in [-0.3, -0.25) is 0 Å². The number of aromatic nitrogens is 3. The summed E-state index contributed by atoms with van der Waals surface area (Å²) < 4.78 is 18.1. The van der Waals surface area contributed by atoms with Gasteiger partial charge in [0.1, 0.15) is 6.33 Å². The molecule has 0 saturated carbocycles. The molecule has 2 aromatic rings. The van der Waals surface area contributed by atoms with E-state index >= 15 is 0 Å². The zero-order valence-corrected chi connectivity index (χ0v) is 16.6. The molecule has 2 rings (SSSR count). The van der Waals surface area contributed by atoms with Gasteiger partial charge in [-0.1, -0.05) is 0 Å². The number of benzene rings is 1. The summed E-state index contributed by atoms with van der Waals surface area (Å²) in [6.45, 7) is 6.63. The second-order valence-electron chi connectivity index (χ2n) is 5.62. The van der Waals surface area contributed by atoms with Gasteiger partial charge in [-0.15, -0.1) is 10.2 Å². The number of hydrogen-bond donors (Lipinski definition) is 2. The Morgan fingerprint density at radius 2 is 1.78 bits per heavy atom. The molecule has 0 spiro atoms. The maximum absolute atomic E-state index is 5.39. The van der Waals surface area contributed by atoms with Gasteiger partial charge in [-0.05, 0) is 31.5 Å².